The molecular weight excluding hydrogens is 266 g/mol. The molecule has 1 heterocycles. The number of amides is 1. The first-order valence-corrected chi connectivity index (χ1v) is 6.90. The molecular formula is C15H21N5O. The van der Waals surface area contributed by atoms with E-state index in [0.29, 0.717) is 18.9 Å². The summed E-state index contributed by atoms with van der Waals surface area (Å²) in [5.74, 6) is 0.612. The van der Waals surface area contributed by atoms with Crippen LogP contribution in [0, 0.1) is 5.92 Å². The summed E-state index contributed by atoms with van der Waals surface area (Å²) in [5, 5.41) is 4.16. The number of nitrogens with one attached hydrogen (secondary N) is 1. The Hall–Kier alpha value is -2.37. The van der Waals surface area contributed by atoms with Crippen molar-refractivity contribution >= 4 is 17.6 Å². The Kier molecular flexibility index (Phi) is 4.57. The largest absolute Gasteiger partial charge is 0.370 e. The van der Waals surface area contributed by atoms with Crippen LogP contribution in [0.3, 0.4) is 0 Å². The van der Waals surface area contributed by atoms with Gasteiger partial charge in [0.15, 0.2) is 5.96 Å². The van der Waals surface area contributed by atoms with E-state index in [2.05, 4.69) is 15.5 Å². The molecule has 0 radical (unpaired) electrons. The zero-order chi connectivity index (χ0) is 15.4. The molecule has 1 aromatic carbocycles. The molecule has 0 fully saturated rings. The molecule has 21 heavy (non-hydrogen) atoms. The quantitative estimate of drug-likeness (QED) is 0.640. The van der Waals surface area contributed by atoms with Crippen LogP contribution in [0.2, 0.25) is 0 Å². The molecule has 1 amide bonds. The third-order valence-electron chi connectivity index (χ3n) is 3.55. The molecule has 0 saturated heterocycles. The molecule has 2 rings (SSSR count). The fourth-order valence-corrected chi connectivity index (χ4v) is 2.31. The summed E-state index contributed by atoms with van der Waals surface area (Å²) < 4.78 is 0. The van der Waals surface area contributed by atoms with Crippen LogP contribution in [0.5, 0.6) is 0 Å². The molecule has 112 valence electrons. The van der Waals surface area contributed by atoms with Gasteiger partial charge < -0.3 is 10.6 Å². The highest BCUT2D eigenvalue weighted by Crippen LogP contribution is 2.17. The zero-order valence-electron chi connectivity index (χ0n) is 12.6. The average molecular weight is 287 g/mol. The third kappa shape index (κ3) is 3.59. The van der Waals surface area contributed by atoms with Gasteiger partial charge in [0, 0.05) is 33.0 Å². The smallest absolute Gasteiger partial charge is 0.240 e. The van der Waals surface area contributed by atoms with Crippen molar-refractivity contribution < 1.29 is 4.79 Å². The SMILES string of the molecule is CN=C(N)N(C)Cc1ccc(C2=NNC(=O)CC2C)cc1. The van der Waals surface area contributed by atoms with Crippen LogP contribution in [-0.4, -0.2) is 36.6 Å². The van der Waals surface area contributed by atoms with Crippen LogP contribution in [0.15, 0.2) is 34.4 Å². The molecule has 1 aliphatic heterocycles. The van der Waals surface area contributed by atoms with E-state index in [1.165, 1.54) is 0 Å². The van der Waals surface area contributed by atoms with Gasteiger partial charge in [-0.05, 0) is 11.1 Å². The Morgan fingerprint density at radius 1 is 1.48 bits per heavy atom. The van der Waals surface area contributed by atoms with Crippen molar-refractivity contribution in [1.29, 1.82) is 0 Å². The number of carbonyl (C=O) groups excluding carboxylic acids is 1. The van der Waals surface area contributed by atoms with Gasteiger partial charge in [-0.2, -0.15) is 5.10 Å². The van der Waals surface area contributed by atoms with Gasteiger partial charge in [0.25, 0.3) is 0 Å². The number of benzene rings is 1. The summed E-state index contributed by atoms with van der Waals surface area (Å²) in [5.41, 5.74) is 11.4. The number of nitrogens with zero attached hydrogens (tertiary/aromatic N) is 3. The minimum atomic E-state index is -0.0289. The Labute approximate surface area is 124 Å². The normalized spacial score (nSPS) is 19.0. The van der Waals surface area contributed by atoms with E-state index in [4.69, 9.17) is 5.73 Å². The monoisotopic (exact) mass is 287 g/mol. The zero-order valence-corrected chi connectivity index (χ0v) is 12.6. The summed E-state index contributed by atoms with van der Waals surface area (Å²) in [7, 11) is 3.57. The molecule has 6 nitrogen and oxygen atoms in total. The predicted molar refractivity (Wildman–Crippen MR) is 83.9 cm³/mol. The summed E-state index contributed by atoms with van der Waals surface area (Å²) in [6.07, 6.45) is 0.479. The van der Waals surface area contributed by atoms with E-state index in [9.17, 15) is 4.79 Å². The molecule has 0 saturated carbocycles. The number of nitrogens with two attached hydrogens (primary N) is 1. The average Bonchev–Trinajstić information content (AvgIpc) is 2.47. The fourth-order valence-electron chi connectivity index (χ4n) is 2.31. The van der Waals surface area contributed by atoms with Gasteiger partial charge in [-0.3, -0.25) is 9.79 Å². The first-order chi connectivity index (χ1) is 10.0. The number of rotatable bonds is 3. The van der Waals surface area contributed by atoms with Gasteiger partial charge in [0.1, 0.15) is 0 Å². The van der Waals surface area contributed by atoms with Crippen molar-refractivity contribution in [2.45, 2.75) is 19.9 Å². The standard InChI is InChI=1S/C15H21N5O/c1-10-8-13(21)18-19-14(10)12-6-4-11(5-7-12)9-20(3)15(16)17-2/h4-7,10H,8-9H2,1-3H3,(H2,16,17)(H,18,21). The fraction of sp³-hybridized carbons (Fsp3) is 0.400. The minimum Gasteiger partial charge on any atom is -0.370 e. The number of hydrogen-bond acceptors (Lipinski definition) is 3. The lowest BCUT2D eigenvalue weighted by atomic mass is 9.93. The maximum absolute atomic E-state index is 11.3. The molecule has 6 heteroatoms. The van der Waals surface area contributed by atoms with Crippen LogP contribution in [0.1, 0.15) is 24.5 Å². The lowest BCUT2D eigenvalue weighted by Crippen LogP contribution is -2.33. The number of guanidine groups is 1. The molecule has 0 spiro atoms. The van der Waals surface area contributed by atoms with E-state index in [1.807, 2.05) is 43.1 Å². The Morgan fingerprint density at radius 2 is 2.14 bits per heavy atom. The van der Waals surface area contributed by atoms with Crippen molar-refractivity contribution in [3.05, 3.63) is 35.4 Å². The van der Waals surface area contributed by atoms with E-state index < -0.39 is 0 Å². The lowest BCUT2D eigenvalue weighted by Gasteiger charge is -2.20. The first-order valence-electron chi connectivity index (χ1n) is 6.90. The van der Waals surface area contributed by atoms with Crippen LogP contribution in [0.25, 0.3) is 0 Å². The Bertz CT molecular complexity index is 576. The summed E-state index contributed by atoms with van der Waals surface area (Å²) in [4.78, 5) is 17.1. The molecule has 1 atom stereocenters. The van der Waals surface area contributed by atoms with Gasteiger partial charge in [-0.25, -0.2) is 5.43 Å². The highest BCUT2D eigenvalue weighted by atomic mass is 16.2. The van der Waals surface area contributed by atoms with E-state index in [-0.39, 0.29) is 11.8 Å². The van der Waals surface area contributed by atoms with E-state index >= 15 is 0 Å². The first kappa shape index (κ1) is 15.0. The molecule has 0 bridgehead atoms. The van der Waals surface area contributed by atoms with Crippen LogP contribution in [-0.2, 0) is 11.3 Å². The summed E-state index contributed by atoms with van der Waals surface area (Å²) >= 11 is 0. The van der Waals surface area contributed by atoms with Crippen LogP contribution in [0.4, 0.5) is 0 Å². The van der Waals surface area contributed by atoms with Crippen molar-refractivity contribution in [2.24, 2.45) is 21.7 Å². The summed E-state index contributed by atoms with van der Waals surface area (Å²) in [6, 6.07) is 8.13. The minimum absolute atomic E-state index is 0.0289. The maximum Gasteiger partial charge on any atom is 0.240 e. The highest BCUT2D eigenvalue weighted by Gasteiger charge is 2.21. The Morgan fingerprint density at radius 3 is 2.71 bits per heavy atom. The van der Waals surface area contributed by atoms with Gasteiger partial charge in [0.2, 0.25) is 5.91 Å². The second kappa shape index (κ2) is 6.39. The van der Waals surface area contributed by atoms with Gasteiger partial charge in [-0.1, -0.05) is 31.2 Å². The molecule has 1 unspecified atom stereocenters. The lowest BCUT2D eigenvalue weighted by molar-refractivity contribution is -0.121. The second-order valence-electron chi connectivity index (χ2n) is 5.27. The second-order valence-corrected chi connectivity index (χ2v) is 5.27. The molecule has 0 aromatic heterocycles. The third-order valence-corrected chi connectivity index (χ3v) is 3.55. The van der Waals surface area contributed by atoms with Crippen LogP contribution >= 0.6 is 0 Å². The van der Waals surface area contributed by atoms with E-state index in [1.54, 1.807) is 7.05 Å². The van der Waals surface area contributed by atoms with Gasteiger partial charge >= 0.3 is 0 Å². The topological polar surface area (TPSA) is 83.1 Å². The Balaban J connectivity index is 2.11. The molecule has 0 aliphatic carbocycles. The number of carbonyl (C=O) groups is 1. The summed E-state index contributed by atoms with van der Waals surface area (Å²) in [6.45, 7) is 2.71. The highest BCUT2D eigenvalue weighted by molar-refractivity contribution is 6.05. The molecule has 3 N–H and O–H groups in total. The van der Waals surface area contributed by atoms with Crippen molar-refractivity contribution in [3.8, 4) is 0 Å². The van der Waals surface area contributed by atoms with Gasteiger partial charge in [0.05, 0.1) is 5.71 Å². The number of aliphatic imine (C=N–C) groups is 1. The maximum atomic E-state index is 11.3. The van der Waals surface area contributed by atoms with Crippen molar-refractivity contribution in [3.63, 3.8) is 0 Å². The number of hydrazone groups is 1. The van der Waals surface area contributed by atoms with E-state index in [0.717, 1.165) is 16.8 Å². The van der Waals surface area contributed by atoms with Gasteiger partial charge in [-0.15, -0.1) is 0 Å². The van der Waals surface area contributed by atoms with Crippen LogP contribution < -0.4 is 11.2 Å². The van der Waals surface area contributed by atoms with Crippen molar-refractivity contribution in [1.82, 2.24) is 10.3 Å². The predicted octanol–water partition coefficient (Wildman–Crippen LogP) is 0.923. The van der Waals surface area contributed by atoms with Crippen molar-refractivity contribution in [2.75, 3.05) is 14.1 Å². The number of hydrogen-bond donors (Lipinski definition) is 2. The molecule has 1 aromatic rings. The molecule has 1 aliphatic rings.